The molecular weight excluding hydrogens is 490 g/mol. The fraction of sp³-hybridized carbons (Fsp3) is 0.481. The van der Waals surface area contributed by atoms with Crippen LogP contribution in [0.4, 0.5) is 5.82 Å². The van der Waals surface area contributed by atoms with Gasteiger partial charge in [-0.05, 0) is 42.5 Å². The minimum atomic E-state index is -0.169. The van der Waals surface area contributed by atoms with Crippen molar-refractivity contribution in [1.29, 1.82) is 0 Å². The normalized spacial score (nSPS) is 14.1. The van der Waals surface area contributed by atoms with Crippen LogP contribution in [-0.2, 0) is 23.3 Å². The first-order valence-corrected chi connectivity index (χ1v) is 13.1. The summed E-state index contributed by atoms with van der Waals surface area (Å²) < 4.78 is 2.00. The van der Waals surface area contributed by atoms with Crippen molar-refractivity contribution >= 4 is 40.1 Å². The lowest BCUT2D eigenvalue weighted by molar-refractivity contribution is -0.130. The van der Waals surface area contributed by atoms with E-state index >= 15 is 0 Å². The number of H-pyrrole nitrogens is 1. The summed E-state index contributed by atoms with van der Waals surface area (Å²) in [5.41, 5.74) is 3.04. The van der Waals surface area contributed by atoms with E-state index in [-0.39, 0.29) is 23.3 Å². The van der Waals surface area contributed by atoms with Crippen molar-refractivity contribution < 1.29 is 9.59 Å². The van der Waals surface area contributed by atoms with Crippen molar-refractivity contribution in [2.45, 2.75) is 72.0 Å². The monoisotopic (exact) mass is 525 g/mol. The van der Waals surface area contributed by atoms with Crippen LogP contribution in [0.2, 0.25) is 5.02 Å². The molecule has 0 atom stereocenters. The number of imidazole rings is 1. The minimum Gasteiger partial charge on any atom is -0.361 e. The van der Waals surface area contributed by atoms with E-state index in [0.29, 0.717) is 48.4 Å². The number of nitrogens with zero attached hydrogens (tertiary/aromatic N) is 4. The van der Waals surface area contributed by atoms with Crippen LogP contribution in [0, 0.1) is 6.92 Å². The molecule has 0 radical (unpaired) electrons. The second-order valence-corrected chi connectivity index (χ2v) is 11.0. The van der Waals surface area contributed by atoms with Gasteiger partial charge in [-0.1, -0.05) is 52.3 Å². The predicted molar refractivity (Wildman–Crippen MR) is 147 cm³/mol. The van der Waals surface area contributed by atoms with Gasteiger partial charge in [0.15, 0.2) is 5.82 Å². The van der Waals surface area contributed by atoms with Crippen LogP contribution < -0.4 is 10.6 Å². The maximum Gasteiger partial charge on any atom is 0.270 e. The lowest BCUT2D eigenvalue weighted by Gasteiger charge is -2.38. The second-order valence-electron chi connectivity index (χ2n) is 10.6. The second kappa shape index (κ2) is 10.6. The molecule has 10 heteroatoms. The van der Waals surface area contributed by atoms with Crippen LogP contribution >= 0.6 is 11.6 Å². The van der Waals surface area contributed by atoms with Gasteiger partial charge < -0.3 is 20.1 Å². The Bertz CT molecular complexity index is 1330. The molecule has 1 aliphatic rings. The number of hydrogen-bond acceptors (Lipinski definition) is 5. The van der Waals surface area contributed by atoms with E-state index in [9.17, 15) is 9.59 Å². The maximum absolute atomic E-state index is 13.2. The lowest BCUT2D eigenvalue weighted by atomic mass is 9.86. The molecule has 0 aliphatic carbocycles. The number of aryl methyl sites for hydroxylation is 1. The zero-order chi connectivity index (χ0) is 26.9. The van der Waals surface area contributed by atoms with Crippen LogP contribution in [-0.4, -0.2) is 55.6 Å². The standard InChI is InChI=1S/C27H36ClN7O2/c1-7-9-10-35-22(30-16(3)24(35)26(37)31-17-14-34(15-17)23(36)8-2)13-29-25-18-11-19(27(4,5)6)20(28)12-21(18)32-33-25/h8,11-12,17H,2,7,9-10,13-15H2,1,3-6H3,(H,31,37)(H2,29,32,33). The molecular formula is C27H36ClN7O2. The van der Waals surface area contributed by atoms with E-state index in [4.69, 9.17) is 16.6 Å². The largest absolute Gasteiger partial charge is 0.361 e. The number of benzene rings is 1. The highest BCUT2D eigenvalue weighted by atomic mass is 35.5. The summed E-state index contributed by atoms with van der Waals surface area (Å²) in [7, 11) is 0. The topological polar surface area (TPSA) is 108 Å². The van der Waals surface area contributed by atoms with Gasteiger partial charge in [-0.3, -0.25) is 14.7 Å². The first kappa shape index (κ1) is 26.7. The van der Waals surface area contributed by atoms with Gasteiger partial charge in [0.25, 0.3) is 5.91 Å². The Kier molecular flexibility index (Phi) is 7.64. The maximum atomic E-state index is 13.2. The molecule has 1 aliphatic heterocycles. The number of anilines is 1. The average Bonchev–Trinajstić information content (AvgIpc) is 3.35. The molecule has 0 bridgehead atoms. The number of halogens is 1. The predicted octanol–water partition coefficient (Wildman–Crippen LogP) is 4.56. The van der Waals surface area contributed by atoms with Crippen molar-refractivity contribution in [2.24, 2.45) is 0 Å². The Balaban J connectivity index is 1.54. The number of carbonyl (C=O) groups excluding carboxylic acids is 2. The molecule has 3 heterocycles. The van der Waals surface area contributed by atoms with Gasteiger partial charge in [-0.2, -0.15) is 5.10 Å². The highest BCUT2D eigenvalue weighted by Crippen LogP contribution is 2.34. The van der Waals surface area contributed by atoms with Crippen LogP contribution in [0.1, 0.15) is 68.1 Å². The quantitative estimate of drug-likeness (QED) is 0.355. The number of nitrogens with one attached hydrogen (secondary N) is 3. The number of likely N-dealkylation sites (tertiary alicyclic amines) is 1. The summed E-state index contributed by atoms with van der Waals surface area (Å²) in [6, 6.07) is 3.91. The third kappa shape index (κ3) is 5.51. The number of rotatable bonds is 9. The molecule has 1 aromatic carbocycles. The molecule has 198 valence electrons. The highest BCUT2D eigenvalue weighted by molar-refractivity contribution is 6.32. The Labute approximate surface area is 222 Å². The molecule has 1 fully saturated rings. The first-order chi connectivity index (χ1) is 17.5. The molecule has 0 unspecified atom stereocenters. The molecule has 4 rings (SSSR count). The number of aromatic nitrogens is 4. The Hall–Kier alpha value is -3.33. The van der Waals surface area contributed by atoms with E-state index < -0.39 is 0 Å². The van der Waals surface area contributed by atoms with Crippen LogP contribution in [0.15, 0.2) is 24.8 Å². The van der Waals surface area contributed by atoms with Gasteiger partial charge in [-0.15, -0.1) is 0 Å². The summed E-state index contributed by atoms with van der Waals surface area (Å²) in [4.78, 5) is 31.4. The smallest absolute Gasteiger partial charge is 0.270 e. The Morgan fingerprint density at radius 1 is 1.30 bits per heavy atom. The van der Waals surface area contributed by atoms with Crippen molar-refractivity contribution in [3.05, 3.63) is 52.6 Å². The van der Waals surface area contributed by atoms with Crippen LogP contribution in [0.5, 0.6) is 0 Å². The summed E-state index contributed by atoms with van der Waals surface area (Å²) in [6.07, 6.45) is 3.21. The molecule has 2 aromatic heterocycles. The molecule has 3 N–H and O–H groups in total. The van der Waals surface area contributed by atoms with Gasteiger partial charge in [0.2, 0.25) is 5.91 Å². The van der Waals surface area contributed by atoms with Gasteiger partial charge in [0.05, 0.1) is 23.8 Å². The molecule has 3 aromatic rings. The van der Waals surface area contributed by atoms with E-state index in [0.717, 1.165) is 35.1 Å². The van der Waals surface area contributed by atoms with Gasteiger partial charge in [0, 0.05) is 30.0 Å². The number of hydrogen-bond donors (Lipinski definition) is 3. The average molecular weight is 526 g/mol. The lowest BCUT2D eigenvalue weighted by Crippen LogP contribution is -2.60. The van der Waals surface area contributed by atoms with Crippen molar-refractivity contribution in [3.63, 3.8) is 0 Å². The summed E-state index contributed by atoms with van der Waals surface area (Å²) in [6.45, 7) is 16.0. The first-order valence-electron chi connectivity index (χ1n) is 12.7. The van der Waals surface area contributed by atoms with Crippen LogP contribution in [0.25, 0.3) is 10.9 Å². The van der Waals surface area contributed by atoms with Crippen molar-refractivity contribution in [3.8, 4) is 0 Å². The van der Waals surface area contributed by atoms with E-state index in [2.05, 4.69) is 61.2 Å². The fourth-order valence-corrected chi connectivity index (χ4v) is 5.10. The summed E-state index contributed by atoms with van der Waals surface area (Å²) in [5, 5.41) is 15.7. The Morgan fingerprint density at radius 3 is 2.68 bits per heavy atom. The van der Waals surface area contributed by atoms with Gasteiger partial charge in [0.1, 0.15) is 11.5 Å². The number of carbonyl (C=O) groups is 2. The molecule has 0 saturated carbocycles. The van der Waals surface area contributed by atoms with Crippen molar-refractivity contribution in [2.75, 3.05) is 18.4 Å². The number of aromatic amines is 1. The highest BCUT2D eigenvalue weighted by Gasteiger charge is 2.32. The zero-order valence-electron chi connectivity index (χ0n) is 22.2. The summed E-state index contributed by atoms with van der Waals surface area (Å²) >= 11 is 6.53. The SMILES string of the molecule is C=CC(=O)N1CC(NC(=O)c2c(C)nc(CNc3n[nH]c4cc(Cl)c(C(C)(C)C)cc34)n2CCCC)C1. The zero-order valence-corrected chi connectivity index (χ0v) is 23.0. The fourth-order valence-electron chi connectivity index (χ4n) is 4.65. The third-order valence-electron chi connectivity index (χ3n) is 6.75. The van der Waals surface area contributed by atoms with Gasteiger partial charge in [-0.25, -0.2) is 4.98 Å². The molecule has 9 nitrogen and oxygen atoms in total. The van der Waals surface area contributed by atoms with Crippen molar-refractivity contribution in [1.82, 2.24) is 30.0 Å². The molecule has 0 spiro atoms. The third-order valence-corrected chi connectivity index (χ3v) is 7.06. The minimum absolute atomic E-state index is 0.0776. The summed E-state index contributed by atoms with van der Waals surface area (Å²) in [5.74, 6) is 1.20. The van der Waals surface area contributed by atoms with E-state index in [1.54, 1.807) is 4.90 Å². The molecule has 2 amide bonds. The van der Waals surface area contributed by atoms with Crippen LogP contribution in [0.3, 0.4) is 0 Å². The van der Waals surface area contributed by atoms with E-state index in [1.165, 1.54) is 6.08 Å². The number of unbranched alkanes of at least 4 members (excludes halogenated alkanes) is 1. The van der Waals surface area contributed by atoms with Gasteiger partial charge >= 0.3 is 0 Å². The number of amides is 2. The molecule has 1 saturated heterocycles. The van der Waals surface area contributed by atoms with E-state index in [1.807, 2.05) is 17.6 Å². The Morgan fingerprint density at radius 2 is 2.03 bits per heavy atom. The number of fused-ring (bicyclic) bond motifs is 1. The molecule has 37 heavy (non-hydrogen) atoms.